The summed E-state index contributed by atoms with van der Waals surface area (Å²) < 4.78 is 11.3. The molecule has 0 bridgehead atoms. The van der Waals surface area contributed by atoms with Gasteiger partial charge in [-0.15, -0.1) is 0 Å². The van der Waals surface area contributed by atoms with Crippen LogP contribution in [0.15, 0.2) is 65.9 Å². The molecule has 0 aromatic heterocycles. The first kappa shape index (κ1) is 21.4. The second-order valence-electron chi connectivity index (χ2n) is 7.81. The van der Waals surface area contributed by atoms with Crippen molar-refractivity contribution >= 4 is 12.0 Å². The Hall–Kier alpha value is -3.28. The molecule has 2 aromatic rings. The molecule has 3 rings (SSSR count). The lowest BCUT2D eigenvalue weighted by molar-refractivity contribution is -0.143. The number of hydrogen-bond acceptors (Lipinski definition) is 4. The second kappa shape index (κ2) is 9.48. The molecule has 1 atom stereocenters. The van der Waals surface area contributed by atoms with Gasteiger partial charge in [-0.25, -0.2) is 9.59 Å². The van der Waals surface area contributed by atoms with Crippen LogP contribution in [0.2, 0.25) is 0 Å². The zero-order chi connectivity index (χ0) is 21.7. The summed E-state index contributed by atoms with van der Waals surface area (Å²) in [6, 6.07) is 16.4. The van der Waals surface area contributed by atoms with E-state index in [-0.39, 0.29) is 18.1 Å². The van der Waals surface area contributed by atoms with Gasteiger partial charge in [-0.1, -0.05) is 56.3 Å². The first-order valence-corrected chi connectivity index (χ1v) is 10.1. The summed E-state index contributed by atoms with van der Waals surface area (Å²) in [6.07, 6.45) is -0.259. The van der Waals surface area contributed by atoms with Gasteiger partial charge in [-0.2, -0.15) is 0 Å². The highest BCUT2D eigenvalue weighted by Gasteiger charge is 2.35. The molecular weight excluding hydrogens is 380 g/mol. The largest absolute Gasteiger partial charge is 0.489 e. The average Bonchev–Trinajstić information content (AvgIpc) is 2.72. The van der Waals surface area contributed by atoms with Crippen molar-refractivity contribution in [3.05, 3.63) is 77.0 Å². The molecule has 0 fully saturated rings. The van der Waals surface area contributed by atoms with Crippen molar-refractivity contribution < 1.29 is 19.1 Å². The number of urea groups is 1. The van der Waals surface area contributed by atoms with Gasteiger partial charge in [0.15, 0.2) is 0 Å². The van der Waals surface area contributed by atoms with Crippen molar-refractivity contribution in [2.75, 3.05) is 0 Å². The highest BCUT2D eigenvalue weighted by molar-refractivity contribution is 5.95. The van der Waals surface area contributed by atoms with Gasteiger partial charge in [0.2, 0.25) is 0 Å². The fraction of sp³-hybridized carbons (Fsp3) is 0.333. The average molecular weight is 408 g/mol. The Labute approximate surface area is 177 Å². The molecule has 1 heterocycles. The van der Waals surface area contributed by atoms with Crippen LogP contribution in [0.25, 0.3) is 0 Å². The van der Waals surface area contributed by atoms with Crippen molar-refractivity contribution in [1.29, 1.82) is 0 Å². The van der Waals surface area contributed by atoms with Gasteiger partial charge in [-0.3, -0.25) is 0 Å². The normalized spacial score (nSPS) is 16.3. The molecule has 2 aromatic carbocycles. The molecule has 6 nitrogen and oxygen atoms in total. The topological polar surface area (TPSA) is 76.7 Å². The number of carbonyl (C=O) groups excluding carboxylic acids is 2. The lowest BCUT2D eigenvalue weighted by Crippen LogP contribution is -2.47. The van der Waals surface area contributed by atoms with Crippen molar-refractivity contribution in [1.82, 2.24) is 10.6 Å². The number of rotatable bonds is 7. The zero-order valence-electron chi connectivity index (χ0n) is 17.8. The maximum atomic E-state index is 12.8. The summed E-state index contributed by atoms with van der Waals surface area (Å²) >= 11 is 0. The Morgan fingerprint density at radius 1 is 1.00 bits per heavy atom. The van der Waals surface area contributed by atoms with E-state index >= 15 is 0 Å². The smallest absolute Gasteiger partial charge is 0.338 e. The van der Waals surface area contributed by atoms with Crippen LogP contribution in [0.1, 0.15) is 44.9 Å². The Morgan fingerprint density at radius 2 is 1.67 bits per heavy atom. The number of benzene rings is 2. The minimum atomic E-state index is -0.592. The van der Waals surface area contributed by atoms with E-state index in [2.05, 4.69) is 10.6 Å². The molecule has 158 valence electrons. The summed E-state index contributed by atoms with van der Waals surface area (Å²) in [5.41, 5.74) is 2.87. The molecule has 30 heavy (non-hydrogen) atoms. The Balaban J connectivity index is 1.84. The monoisotopic (exact) mass is 408 g/mol. The van der Waals surface area contributed by atoms with E-state index in [1.54, 1.807) is 13.8 Å². The van der Waals surface area contributed by atoms with E-state index in [9.17, 15) is 9.59 Å². The molecule has 6 heteroatoms. The maximum absolute atomic E-state index is 12.8. The number of ether oxygens (including phenoxy) is 2. The second-order valence-corrected chi connectivity index (χ2v) is 7.81. The molecule has 0 radical (unpaired) electrons. The van der Waals surface area contributed by atoms with Gasteiger partial charge in [0.25, 0.3) is 0 Å². The Kier molecular flexibility index (Phi) is 6.77. The number of esters is 1. The number of allylic oxidation sites excluding steroid dienone is 1. The molecule has 0 aliphatic carbocycles. The summed E-state index contributed by atoms with van der Waals surface area (Å²) in [6.45, 7) is 7.93. The molecule has 1 aliphatic rings. The minimum absolute atomic E-state index is 0.0401. The van der Waals surface area contributed by atoms with Crippen LogP contribution in [0.3, 0.4) is 0 Å². The van der Waals surface area contributed by atoms with Crippen molar-refractivity contribution in [2.24, 2.45) is 5.92 Å². The van der Waals surface area contributed by atoms with Gasteiger partial charge in [-0.05, 0) is 43.0 Å². The third kappa shape index (κ3) is 5.20. The van der Waals surface area contributed by atoms with Crippen molar-refractivity contribution in [2.45, 2.75) is 46.4 Å². The van der Waals surface area contributed by atoms with Crippen LogP contribution in [0.5, 0.6) is 5.75 Å². The number of hydrogen-bond donors (Lipinski definition) is 2. The predicted octanol–water partition coefficient (Wildman–Crippen LogP) is 4.48. The number of amides is 2. The highest BCUT2D eigenvalue weighted by Crippen LogP contribution is 2.31. The summed E-state index contributed by atoms with van der Waals surface area (Å²) in [5.74, 6) is 0.236. The van der Waals surface area contributed by atoms with Gasteiger partial charge in [0.1, 0.15) is 12.4 Å². The molecular formula is C24H28N2O4. The predicted molar refractivity (Wildman–Crippen MR) is 115 cm³/mol. The first-order valence-electron chi connectivity index (χ1n) is 10.1. The van der Waals surface area contributed by atoms with Crippen LogP contribution >= 0.6 is 0 Å². The molecule has 2 N–H and O–H groups in total. The minimum Gasteiger partial charge on any atom is -0.489 e. The van der Waals surface area contributed by atoms with Gasteiger partial charge >= 0.3 is 12.0 Å². The Morgan fingerprint density at radius 3 is 2.27 bits per heavy atom. The van der Waals surface area contributed by atoms with E-state index in [4.69, 9.17) is 9.47 Å². The fourth-order valence-corrected chi connectivity index (χ4v) is 3.29. The summed E-state index contributed by atoms with van der Waals surface area (Å²) in [5, 5.41) is 5.62. The quantitative estimate of drug-likeness (QED) is 0.662. The van der Waals surface area contributed by atoms with E-state index in [0.717, 1.165) is 11.1 Å². The lowest BCUT2D eigenvalue weighted by atomic mass is 9.91. The van der Waals surface area contributed by atoms with E-state index in [1.165, 1.54) is 0 Å². The molecule has 1 aliphatic heterocycles. The maximum Gasteiger partial charge on any atom is 0.338 e. The van der Waals surface area contributed by atoms with Crippen molar-refractivity contribution in [3.63, 3.8) is 0 Å². The van der Waals surface area contributed by atoms with E-state index in [1.807, 2.05) is 68.4 Å². The van der Waals surface area contributed by atoms with E-state index < -0.39 is 12.0 Å². The fourth-order valence-electron chi connectivity index (χ4n) is 3.29. The summed E-state index contributed by atoms with van der Waals surface area (Å²) in [7, 11) is 0. The molecule has 0 saturated carbocycles. The standard InChI is InChI=1S/C24H28N2O4/c1-15(2)21-20(23(27)30-16(3)4)22(26-24(28)25-21)18-10-12-19(13-11-18)29-14-17-8-6-5-7-9-17/h5-13,15-16,22H,14H2,1-4H3,(H2,25,26,28). The highest BCUT2D eigenvalue weighted by atomic mass is 16.5. The number of nitrogens with one attached hydrogen (secondary N) is 2. The van der Waals surface area contributed by atoms with Gasteiger partial charge < -0.3 is 20.1 Å². The summed E-state index contributed by atoms with van der Waals surface area (Å²) in [4.78, 5) is 25.1. The zero-order valence-corrected chi connectivity index (χ0v) is 17.8. The van der Waals surface area contributed by atoms with Crippen molar-refractivity contribution in [3.8, 4) is 5.75 Å². The van der Waals surface area contributed by atoms with Gasteiger partial charge in [0, 0.05) is 5.70 Å². The molecule has 0 spiro atoms. The van der Waals surface area contributed by atoms with Crippen LogP contribution in [-0.2, 0) is 16.1 Å². The van der Waals surface area contributed by atoms with E-state index in [0.29, 0.717) is 23.6 Å². The van der Waals surface area contributed by atoms with Crippen LogP contribution < -0.4 is 15.4 Å². The van der Waals surface area contributed by atoms with Gasteiger partial charge in [0.05, 0.1) is 17.7 Å². The number of carbonyl (C=O) groups is 2. The third-order valence-corrected chi connectivity index (χ3v) is 4.70. The van der Waals surface area contributed by atoms with Crippen LogP contribution in [-0.4, -0.2) is 18.1 Å². The van der Waals surface area contributed by atoms with Crippen LogP contribution in [0.4, 0.5) is 4.79 Å². The van der Waals surface area contributed by atoms with Crippen LogP contribution in [0, 0.1) is 5.92 Å². The molecule has 0 saturated heterocycles. The molecule has 1 unspecified atom stereocenters. The SMILES string of the molecule is CC(C)OC(=O)C1=C(C(C)C)NC(=O)NC1c1ccc(OCc2ccccc2)cc1. The lowest BCUT2D eigenvalue weighted by Gasteiger charge is -2.31. The molecule has 2 amide bonds. The Bertz CT molecular complexity index is 918. The third-order valence-electron chi connectivity index (χ3n) is 4.70. The first-order chi connectivity index (χ1) is 14.3.